The monoisotopic (exact) mass is 285 g/mol. The highest BCUT2D eigenvalue weighted by Gasteiger charge is 2.49. The summed E-state index contributed by atoms with van der Waals surface area (Å²) in [5.41, 5.74) is 5.39. The predicted molar refractivity (Wildman–Crippen MR) is 77.3 cm³/mol. The number of aliphatic hydroxyl groups is 1. The fourth-order valence-corrected chi connectivity index (χ4v) is 3.70. The topological polar surface area (TPSA) is 119 Å². The van der Waals surface area contributed by atoms with Crippen molar-refractivity contribution in [2.75, 3.05) is 0 Å². The Labute approximate surface area is 120 Å². The fraction of sp³-hybridized carbons (Fsp3) is 0.857. The van der Waals surface area contributed by atoms with E-state index in [4.69, 9.17) is 11.1 Å². The number of carboxylic acids is 1. The Bertz CT molecular complexity index is 358. The van der Waals surface area contributed by atoms with Crippen LogP contribution in [0.15, 0.2) is 0 Å². The lowest BCUT2D eigenvalue weighted by molar-refractivity contribution is -0.145. The largest absolute Gasteiger partial charge is 0.481 e. The minimum Gasteiger partial charge on any atom is -0.481 e. The lowest BCUT2D eigenvalue weighted by atomic mass is 9.76. The maximum atomic E-state index is 11.2. The Balaban J connectivity index is 2.96. The average molecular weight is 285 g/mol. The van der Waals surface area contributed by atoms with Gasteiger partial charge < -0.3 is 21.3 Å². The van der Waals surface area contributed by atoms with E-state index in [1.807, 2.05) is 0 Å². The van der Waals surface area contributed by atoms with Gasteiger partial charge in [0.05, 0.1) is 12.0 Å². The van der Waals surface area contributed by atoms with Crippen molar-refractivity contribution in [3.63, 3.8) is 0 Å². The third-order valence-electron chi connectivity index (χ3n) is 4.84. The number of carbonyl (C=O) groups is 1. The molecule has 0 aromatic heterocycles. The van der Waals surface area contributed by atoms with Crippen LogP contribution in [0.5, 0.6) is 0 Å². The Morgan fingerprint density at radius 1 is 1.45 bits per heavy atom. The fourth-order valence-electron chi connectivity index (χ4n) is 3.70. The number of carboxylic acid groups (broad SMARTS) is 1. The molecule has 1 rings (SSSR count). The quantitative estimate of drug-likeness (QED) is 0.368. The highest BCUT2D eigenvalue weighted by molar-refractivity contribution is 5.75. The van der Waals surface area contributed by atoms with E-state index in [1.54, 1.807) is 0 Å². The number of guanidine groups is 1. The zero-order chi connectivity index (χ0) is 15.4. The Morgan fingerprint density at radius 2 is 2.00 bits per heavy atom. The van der Waals surface area contributed by atoms with Gasteiger partial charge in [0.2, 0.25) is 0 Å². The molecule has 5 atom stereocenters. The van der Waals surface area contributed by atoms with Crippen molar-refractivity contribution < 1.29 is 15.0 Å². The third-order valence-corrected chi connectivity index (χ3v) is 4.84. The van der Waals surface area contributed by atoms with Gasteiger partial charge in [-0.1, -0.05) is 33.6 Å². The number of hydrogen-bond donors (Lipinski definition) is 5. The zero-order valence-corrected chi connectivity index (χ0v) is 12.5. The van der Waals surface area contributed by atoms with Crippen molar-refractivity contribution in [1.29, 1.82) is 5.41 Å². The molecule has 6 nitrogen and oxygen atoms in total. The van der Waals surface area contributed by atoms with Crippen molar-refractivity contribution in [3.8, 4) is 0 Å². The lowest BCUT2D eigenvalue weighted by Gasteiger charge is -2.33. The molecule has 1 saturated carbocycles. The van der Waals surface area contributed by atoms with E-state index in [-0.39, 0.29) is 23.8 Å². The molecule has 0 radical (unpaired) electrons. The molecule has 1 aliphatic rings. The second-order valence-electron chi connectivity index (χ2n) is 5.85. The van der Waals surface area contributed by atoms with Crippen molar-refractivity contribution in [1.82, 2.24) is 5.32 Å². The predicted octanol–water partition coefficient (Wildman–Crippen LogP) is 0.992. The highest BCUT2D eigenvalue weighted by atomic mass is 16.4. The van der Waals surface area contributed by atoms with Crippen LogP contribution in [0.25, 0.3) is 0 Å². The first kappa shape index (κ1) is 16.8. The molecule has 0 bridgehead atoms. The summed E-state index contributed by atoms with van der Waals surface area (Å²) in [5.74, 6) is -1.51. The smallest absolute Gasteiger partial charge is 0.309 e. The summed E-state index contributed by atoms with van der Waals surface area (Å²) in [4.78, 5) is 11.2. The van der Waals surface area contributed by atoms with E-state index >= 15 is 0 Å². The SMILES string of the molecule is CCC(CC)C(C)C1C(NC(=N)N)CC(C(=O)O)C1O. The summed E-state index contributed by atoms with van der Waals surface area (Å²) < 4.78 is 0. The van der Waals surface area contributed by atoms with Crippen LogP contribution in [0.3, 0.4) is 0 Å². The van der Waals surface area contributed by atoms with Gasteiger partial charge in [0.1, 0.15) is 0 Å². The van der Waals surface area contributed by atoms with Crippen LogP contribution in [0.4, 0.5) is 0 Å². The lowest BCUT2D eigenvalue weighted by Crippen LogP contribution is -2.46. The minimum absolute atomic E-state index is 0.171. The third kappa shape index (κ3) is 3.42. The molecule has 6 N–H and O–H groups in total. The molecular formula is C14H27N3O3. The van der Waals surface area contributed by atoms with Crippen molar-refractivity contribution >= 4 is 11.9 Å². The second-order valence-corrected chi connectivity index (χ2v) is 5.85. The minimum atomic E-state index is -0.980. The van der Waals surface area contributed by atoms with E-state index in [0.717, 1.165) is 12.8 Å². The molecule has 0 spiro atoms. The van der Waals surface area contributed by atoms with Crippen LogP contribution in [-0.4, -0.2) is 34.3 Å². The maximum absolute atomic E-state index is 11.2. The van der Waals surface area contributed by atoms with Crippen molar-refractivity contribution in [2.24, 2.45) is 29.4 Å². The summed E-state index contributed by atoms with van der Waals surface area (Å²) in [6.07, 6.45) is 1.40. The summed E-state index contributed by atoms with van der Waals surface area (Å²) in [7, 11) is 0. The summed E-state index contributed by atoms with van der Waals surface area (Å²) in [6.45, 7) is 6.27. The molecule has 0 heterocycles. The maximum Gasteiger partial charge on any atom is 0.309 e. The Morgan fingerprint density at radius 3 is 2.40 bits per heavy atom. The summed E-state index contributed by atoms with van der Waals surface area (Å²) >= 11 is 0. The van der Waals surface area contributed by atoms with Gasteiger partial charge in [-0.05, 0) is 18.3 Å². The van der Waals surface area contributed by atoms with Crippen LogP contribution in [-0.2, 0) is 4.79 Å². The van der Waals surface area contributed by atoms with Gasteiger partial charge in [-0.2, -0.15) is 0 Å². The Hall–Kier alpha value is -1.30. The highest BCUT2D eigenvalue weighted by Crippen LogP contribution is 2.41. The van der Waals surface area contributed by atoms with Crippen LogP contribution in [0.2, 0.25) is 0 Å². The van der Waals surface area contributed by atoms with Gasteiger partial charge in [-0.25, -0.2) is 0 Å². The number of hydrogen-bond acceptors (Lipinski definition) is 3. The molecule has 0 aliphatic heterocycles. The van der Waals surface area contributed by atoms with Crippen molar-refractivity contribution in [3.05, 3.63) is 0 Å². The van der Waals surface area contributed by atoms with E-state index in [9.17, 15) is 15.0 Å². The number of nitrogens with two attached hydrogens (primary N) is 1. The van der Waals surface area contributed by atoms with Crippen LogP contribution < -0.4 is 11.1 Å². The van der Waals surface area contributed by atoms with Gasteiger partial charge in [0.25, 0.3) is 0 Å². The normalized spacial score (nSPS) is 31.2. The number of rotatable bonds is 6. The van der Waals surface area contributed by atoms with E-state index in [0.29, 0.717) is 12.3 Å². The second kappa shape index (κ2) is 6.92. The molecule has 0 aromatic rings. The molecule has 0 saturated heterocycles. The number of aliphatic carboxylic acids is 1. The Kier molecular flexibility index (Phi) is 5.80. The molecule has 0 aromatic carbocycles. The molecule has 1 aliphatic carbocycles. The van der Waals surface area contributed by atoms with Gasteiger partial charge in [-0.3, -0.25) is 10.2 Å². The zero-order valence-electron chi connectivity index (χ0n) is 12.5. The number of nitrogens with one attached hydrogen (secondary N) is 2. The van der Waals surface area contributed by atoms with Gasteiger partial charge in [0, 0.05) is 12.0 Å². The molecular weight excluding hydrogens is 258 g/mol. The van der Waals surface area contributed by atoms with Crippen LogP contribution >= 0.6 is 0 Å². The molecule has 1 fully saturated rings. The van der Waals surface area contributed by atoms with E-state index in [1.165, 1.54) is 0 Å². The summed E-state index contributed by atoms with van der Waals surface area (Å²) in [6, 6.07) is -0.251. The van der Waals surface area contributed by atoms with E-state index in [2.05, 4.69) is 26.1 Å². The number of aliphatic hydroxyl groups excluding tert-OH is 1. The molecule has 20 heavy (non-hydrogen) atoms. The summed E-state index contributed by atoms with van der Waals surface area (Å²) in [5, 5.41) is 29.8. The first-order valence-electron chi connectivity index (χ1n) is 7.34. The standard InChI is InChI=1S/C14H27N3O3/c1-4-8(5-2)7(3)11-10(17-14(15)16)6-9(12(11)18)13(19)20/h7-12,18H,4-6H2,1-3H3,(H,19,20)(H4,15,16,17). The van der Waals surface area contributed by atoms with Gasteiger partial charge >= 0.3 is 5.97 Å². The molecule has 5 unspecified atom stereocenters. The van der Waals surface area contributed by atoms with Crippen LogP contribution in [0.1, 0.15) is 40.0 Å². The molecule has 6 heteroatoms. The van der Waals surface area contributed by atoms with E-state index < -0.39 is 18.0 Å². The molecule has 116 valence electrons. The van der Waals surface area contributed by atoms with Crippen LogP contribution in [0, 0.1) is 29.1 Å². The van der Waals surface area contributed by atoms with Crippen molar-refractivity contribution in [2.45, 2.75) is 52.2 Å². The molecule has 0 amide bonds. The average Bonchev–Trinajstić information content (AvgIpc) is 2.66. The first-order valence-corrected chi connectivity index (χ1v) is 7.34. The van der Waals surface area contributed by atoms with Gasteiger partial charge in [-0.15, -0.1) is 0 Å². The first-order chi connectivity index (χ1) is 9.33. The van der Waals surface area contributed by atoms with Gasteiger partial charge in [0.15, 0.2) is 5.96 Å².